The van der Waals surface area contributed by atoms with Gasteiger partial charge in [0.15, 0.2) is 0 Å². The Morgan fingerprint density at radius 3 is 2.33 bits per heavy atom. The third-order valence-electron chi connectivity index (χ3n) is 2.28. The van der Waals surface area contributed by atoms with Gasteiger partial charge in [-0.2, -0.15) is 0 Å². The highest BCUT2D eigenvalue weighted by Crippen LogP contribution is 2.06. The lowest BCUT2D eigenvalue weighted by atomic mass is 10.1. The molecule has 0 rings (SSSR count). The Balaban J connectivity index is 3.45. The van der Waals surface area contributed by atoms with E-state index < -0.39 is 6.10 Å². The maximum atomic E-state index is 9.61. The van der Waals surface area contributed by atoms with E-state index in [2.05, 4.69) is 19.2 Å². The predicted molar refractivity (Wildman–Crippen MR) is 64.0 cm³/mol. The molecule has 0 aromatic rings. The lowest BCUT2D eigenvalue weighted by Crippen LogP contribution is -2.35. The van der Waals surface area contributed by atoms with Crippen LogP contribution in [0.1, 0.15) is 41.0 Å². The van der Waals surface area contributed by atoms with Gasteiger partial charge in [-0.15, -0.1) is 0 Å². The molecule has 0 aliphatic heterocycles. The summed E-state index contributed by atoms with van der Waals surface area (Å²) in [5, 5.41) is 12.9. The molecule has 0 amide bonds. The van der Waals surface area contributed by atoms with Crippen LogP contribution in [0.3, 0.4) is 0 Å². The largest absolute Gasteiger partial charge is 0.389 e. The van der Waals surface area contributed by atoms with E-state index >= 15 is 0 Å². The highest BCUT2D eigenvalue weighted by atomic mass is 16.5. The summed E-state index contributed by atoms with van der Waals surface area (Å²) in [5.74, 6) is 0.667. The quantitative estimate of drug-likeness (QED) is 0.683. The molecule has 0 aromatic carbocycles. The molecule has 2 atom stereocenters. The SMILES string of the molecule is CCC(C)CNCC(O)COC(C)(C)C. The summed E-state index contributed by atoms with van der Waals surface area (Å²) in [5.41, 5.74) is -0.169. The van der Waals surface area contributed by atoms with Crippen molar-refractivity contribution in [2.24, 2.45) is 5.92 Å². The zero-order chi connectivity index (χ0) is 11.9. The number of hydrogen-bond acceptors (Lipinski definition) is 3. The van der Waals surface area contributed by atoms with Crippen LogP contribution in [0.25, 0.3) is 0 Å². The Bertz CT molecular complexity index is 154. The molecule has 0 radical (unpaired) electrons. The van der Waals surface area contributed by atoms with Crippen molar-refractivity contribution in [3.05, 3.63) is 0 Å². The fourth-order valence-corrected chi connectivity index (χ4v) is 1.05. The molecule has 0 heterocycles. The monoisotopic (exact) mass is 217 g/mol. The first-order valence-corrected chi connectivity index (χ1v) is 5.88. The van der Waals surface area contributed by atoms with Crippen LogP contribution in [-0.4, -0.2) is 36.5 Å². The van der Waals surface area contributed by atoms with Crippen molar-refractivity contribution >= 4 is 0 Å². The summed E-state index contributed by atoms with van der Waals surface area (Å²) in [4.78, 5) is 0. The first kappa shape index (κ1) is 14.9. The van der Waals surface area contributed by atoms with Crippen molar-refractivity contribution in [1.82, 2.24) is 5.32 Å². The van der Waals surface area contributed by atoms with Crippen LogP contribution in [-0.2, 0) is 4.74 Å². The number of hydrogen-bond donors (Lipinski definition) is 2. The lowest BCUT2D eigenvalue weighted by Gasteiger charge is -2.22. The molecule has 0 aliphatic carbocycles. The predicted octanol–water partition coefficient (Wildman–Crippen LogP) is 1.80. The van der Waals surface area contributed by atoms with Crippen molar-refractivity contribution in [3.63, 3.8) is 0 Å². The summed E-state index contributed by atoms with van der Waals surface area (Å²) in [6.45, 7) is 12.3. The molecule has 0 saturated carbocycles. The average Bonchev–Trinajstić information content (AvgIpc) is 2.13. The van der Waals surface area contributed by atoms with Crippen LogP contribution in [0.4, 0.5) is 0 Å². The van der Waals surface area contributed by atoms with Crippen molar-refractivity contribution in [3.8, 4) is 0 Å². The molecule has 0 saturated heterocycles. The van der Waals surface area contributed by atoms with Crippen LogP contribution in [0.15, 0.2) is 0 Å². The fraction of sp³-hybridized carbons (Fsp3) is 1.00. The summed E-state index contributed by atoms with van der Waals surface area (Å²) in [6.07, 6.45) is 0.759. The van der Waals surface area contributed by atoms with Crippen LogP contribution in [0.2, 0.25) is 0 Å². The van der Waals surface area contributed by atoms with Crippen molar-refractivity contribution in [1.29, 1.82) is 0 Å². The summed E-state index contributed by atoms with van der Waals surface area (Å²) < 4.78 is 5.48. The highest BCUT2D eigenvalue weighted by Gasteiger charge is 2.13. The first-order valence-electron chi connectivity index (χ1n) is 5.88. The van der Waals surface area contributed by atoms with Crippen molar-refractivity contribution < 1.29 is 9.84 Å². The Morgan fingerprint density at radius 2 is 1.87 bits per heavy atom. The maximum absolute atomic E-state index is 9.61. The van der Waals surface area contributed by atoms with E-state index in [9.17, 15) is 5.11 Å². The zero-order valence-electron chi connectivity index (χ0n) is 10.8. The molecule has 92 valence electrons. The lowest BCUT2D eigenvalue weighted by molar-refractivity contribution is -0.0479. The van der Waals surface area contributed by atoms with Gasteiger partial charge in [-0.05, 0) is 33.2 Å². The second kappa shape index (κ2) is 7.20. The number of aliphatic hydroxyl groups excluding tert-OH is 1. The van der Waals surface area contributed by atoms with Gasteiger partial charge >= 0.3 is 0 Å². The Kier molecular flexibility index (Phi) is 7.14. The van der Waals surface area contributed by atoms with Gasteiger partial charge in [-0.3, -0.25) is 0 Å². The maximum Gasteiger partial charge on any atom is 0.0897 e. The van der Waals surface area contributed by atoms with Gasteiger partial charge in [-0.25, -0.2) is 0 Å². The third kappa shape index (κ3) is 10.2. The molecule has 15 heavy (non-hydrogen) atoms. The van der Waals surface area contributed by atoms with Gasteiger partial charge in [0, 0.05) is 6.54 Å². The van der Waals surface area contributed by atoms with E-state index in [-0.39, 0.29) is 5.60 Å². The highest BCUT2D eigenvalue weighted by molar-refractivity contribution is 4.65. The molecule has 3 heteroatoms. The third-order valence-corrected chi connectivity index (χ3v) is 2.28. The summed E-state index contributed by atoms with van der Waals surface area (Å²) in [7, 11) is 0. The second-order valence-electron chi connectivity index (χ2n) is 5.25. The number of aliphatic hydroxyl groups is 1. The van der Waals surface area contributed by atoms with Crippen molar-refractivity contribution in [2.45, 2.75) is 52.7 Å². The van der Waals surface area contributed by atoms with E-state index in [0.717, 1.165) is 6.54 Å². The second-order valence-corrected chi connectivity index (χ2v) is 5.25. The molecule has 0 aliphatic rings. The van der Waals surface area contributed by atoms with E-state index in [1.165, 1.54) is 6.42 Å². The van der Waals surface area contributed by atoms with Crippen LogP contribution >= 0.6 is 0 Å². The van der Waals surface area contributed by atoms with Crippen molar-refractivity contribution in [2.75, 3.05) is 19.7 Å². The van der Waals surface area contributed by atoms with E-state index in [1.807, 2.05) is 20.8 Å². The van der Waals surface area contributed by atoms with Gasteiger partial charge < -0.3 is 15.2 Å². The van der Waals surface area contributed by atoms with Crippen LogP contribution in [0, 0.1) is 5.92 Å². The minimum absolute atomic E-state index is 0.169. The number of ether oxygens (including phenoxy) is 1. The summed E-state index contributed by atoms with van der Waals surface area (Å²) >= 11 is 0. The van der Waals surface area contributed by atoms with Crippen LogP contribution < -0.4 is 5.32 Å². The molecule has 0 bridgehead atoms. The topological polar surface area (TPSA) is 41.5 Å². The molecule has 0 aromatic heterocycles. The van der Waals surface area contributed by atoms with Gasteiger partial charge in [0.05, 0.1) is 18.3 Å². The number of nitrogens with one attached hydrogen (secondary N) is 1. The van der Waals surface area contributed by atoms with E-state index in [0.29, 0.717) is 19.1 Å². The van der Waals surface area contributed by atoms with Gasteiger partial charge in [0.25, 0.3) is 0 Å². The van der Waals surface area contributed by atoms with Gasteiger partial charge in [0.2, 0.25) is 0 Å². The van der Waals surface area contributed by atoms with Crippen LogP contribution in [0.5, 0.6) is 0 Å². The molecular formula is C12H27NO2. The molecule has 0 fully saturated rings. The Morgan fingerprint density at radius 1 is 1.27 bits per heavy atom. The summed E-state index contributed by atoms with van der Waals surface area (Å²) in [6, 6.07) is 0. The fourth-order valence-electron chi connectivity index (χ4n) is 1.05. The van der Waals surface area contributed by atoms with E-state index in [4.69, 9.17) is 4.74 Å². The number of rotatable bonds is 7. The Labute approximate surface area is 94.2 Å². The molecule has 3 nitrogen and oxygen atoms in total. The Hall–Kier alpha value is -0.120. The smallest absolute Gasteiger partial charge is 0.0897 e. The minimum Gasteiger partial charge on any atom is -0.389 e. The zero-order valence-corrected chi connectivity index (χ0v) is 10.8. The molecular weight excluding hydrogens is 190 g/mol. The first-order chi connectivity index (χ1) is 6.85. The molecule has 2 N–H and O–H groups in total. The van der Waals surface area contributed by atoms with E-state index in [1.54, 1.807) is 0 Å². The van der Waals surface area contributed by atoms with Gasteiger partial charge in [0.1, 0.15) is 0 Å². The molecule has 0 spiro atoms. The standard InChI is InChI=1S/C12H27NO2/c1-6-10(2)7-13-8-11(14)9-15-12(3,4)5/h10-11,13-14H,6-9H2,1-5H3. The molecule has 2 unspecified atom stereocenters. The minimum atomic E-state index is -0.409. The van der Waals surface area contributed by atoms with Gasteiger partial charge in [-0.1, -0.05) is 20.3 Å². The normalized spacial score (nSPS) is 16.4. The average molecular weight is 217 g/mol.